The van der Waals surface area contributed by atoms with Crippen molar-refractivity contribution >= 4 is 44.9 Å². The van der Waals surface area contributed by atoms with Gasteiger partial charge in [0.1, 0.15) is 35.4 Å². The van der Waals surface area contributed by atoms with Crippen LogP contribution in [-0.2, 0) is 16.0 Å². The van der Waals surface area contributed by atoms with Crippen molar-refractivity contribution < 1.29 is 18.4 Å². The number of aromatic nitrogens is 2. The molecule has 43 heavy (non-hydrogen) atoms. The van der Waals surface area contributed by atoms with Crippen molar-refractivity contribution in [1.82, 2.24) is 15.3 Å². The van der Waals surface area contributed by atoms with Crippen molar-refractivity contribution in [3.63, 3.8) is 0 Å². The molecule has 10 heteroatoms. The summed E-state index contributed by atoms with van der Waals surface area (Å²) in [5.41, 5.74) is 2.17. The van der Waals surface area contributed by atoms with E-state index in [-0.39, 0.29) is 23.3 Å². The number of nitrogens with one attached hydrogen (secondary N) is 1. The van der Waals surface area contributed by atoms with Gasteiger partial charge >= 0.3 is 0 Å². The zero-order valence-electron chi connectivity index (χ0n) is 25.7. The zero-order valence-corrected chi connectivity index (χ0v) is 27.3. The molecule has 232 valence electrons. The summed E-state index contributed by atoms with van der Waals surface area (Å²) in [5, 5.41) is 2.78. The Morgan fingerprint density at radius 1 is 1.05 bits per heavy atom. The van der Waals surface area contributed by atoms with E-state index in [1.165, 1.54) is 18.5 Å². The highest BCUT2D eigenvalue weighted by Gasteiger charge is 2.34. The lowest BCUT2D eigenvalue weighted by Crippen LogP contribution is -2.41. The molecule has 3 aliphatic rings. The molecule has 7 nitrogen and oxygen atoms in total. The topological polar surface area (TPSA) is 78.4 Å². The van der Waals surface area contributed by atoms with Crippen LogP contribution in [0.5, 0.6) is 0 Å². The average Bonchev–Trinajstić information content (AvgIpc) is 3.43. The van der Waals surface area contributed by atoms with Gasteiger partial charge in [0.15, 0.2) is 0 Å². The molecule has 4 heterocycles. The summed E-state index contributed by atoms with van der Waals surface area (Å²) in [7, 11) is 0. The van der Waals surface area contributed by atoms with E-state index in [9.17, 15) is 9.59 Å². The number of carbonyl (C=O) groups is 2. The smallest absolute Gasteiger partial charge is 0.227 e. The van der Waals surface area contributed by atoms with E-state index in [4.69, 9.17) is 0 Å². The lowest BCUT2D eigenvalue weighted by Gasteiger charge is -2.29. The van der Waals surface area contributed by atoms with Gasteiger partial charge in [-0.05, 0) is 63.8 Å². The van der Waals surface area contributed by atoms with Crippen molar-refractivity contribution in [2.24, 2.45) is 0 Å². The van der Waals surface area contributed by atoms with Crippen molar-refractivity contribution in [2.45, 2.75) is 78.7 Å². The molecule has 2 fully saturated rings. The molecule has 1 N–H and O–H groups in total. The first-order valence-corrected chi connectivity index (χ1v) is 15.7. The highest BCUT2D eigenvalue weighted by molar-refractivity contribution is 9.12. The number of amides is 1. The van der Waals surface area contributed by atoms with Crippen LogP contribution in [0.15, 0.2) is 53.3 Å². The van der Waals surface area contributed by atoms with E-state index in [1.54, 1.807) is 4.90 Å². The second-order valence-electron chi connectivity index (χ2n) is 10.6. The maximum atomic E-state index is 15.1. The summed E-state index contributed by atoms with van der Waals surface area (Å²) in [4.78, 5) is 36.6. The summed E-state index contributed by atoms with van der Waals surface area (Å²) < 4.78 is 31.2. The fourth-order valence-corrected chi connectivity index (χ4v) is 5.45. The Bertz CT molecular complexity index is 1360. The number of halogens is 3. The number of piperidine rings is 2. The first kappa shape index (κ1) is 34.1. The summed E-state index contributed by atoms with van der Waals surface area (Å²) in [6.45, 7) is 15.3. The Kier molecular flexibility index (Phi) is 12.6. The summed E-state index contributed by atoms with van der Waals surface area (Å²) in [6.07, 6.45) is 10.1. The first-order chi connectivity index (χ1) is 20.6. The second kappa shape index (κ2) is 15.9. The number of allylic oxidation sites excluding steroid dienone is 5. The van der Waals surface area contributed by atoms with Crippen molar-refractivity contribution in [1.29, 1.82) is 0 Å². The van der Waals surface area contributed by atoms with Crippen LogP contribution >= 0.6 is 15.9 Å². The van der Waals surface area contributed by atoms with Crippen LogP contribution in [0.2, 0.25) is 0 Å². The van der Waals surface area contributed by atoms with Crippen LogP contribution in [0, 0.1) is 11.6 Å². The third kappa shape index (κ3) is 8.37. The fraction of sp³-hybridized carbons (Fsp3) is 0.455. The Morgan fingerprint density at radius 2 is 1.67 bits per heavy atom. The monoisotopic (exact) mass is 657 g/mol. The molecule has 0 saturated carbocycles. The van der Waals surface area contributed by atoms with Crippen molar-refractivity contribution in [2.75, 3.05) is 29.4 Å². The van der Waals surface area contributed by atoms with E-state index < -0.39 is 17.6 Å². The van der Waals surface area contributed by atoms with Gasteiger partial charge in [-0.1, -0.05) is 48.5 Å². The minimum atomic E-state index is -0.818. The van der Waals surface area contributed by atoms with Gasteiger partial charge in [-0.2, -0.15) is 0 Å². The number of carbonyl (C=O) groups excluding carboxylic acids is 2. The molecule has 2 unspecified atom stereocenters. The molecular formula is C33H42BrF2N5O2. The summed E-state index contributed by atoms with van der Waals surface area (Å²) >= 11 is 3.35. The van der Waals surface area contributed by atoms with Crippen molar-refractivity contribution in [3.8, 4) is 0 Å². The number of hydrogen-bond acceptors (Lipinski definition) is 6. The molecule has 0 aliphatic carbocycles. The number of nitrogens with zero attached hydrogens (tertiary/aromatic N) is 4. The molecule has 3 aliphatic heterocycles. The predicted octanol–water partition coefficient (Wildman–Crippen LogP) is 7.44. The molecule has 1 amide bonds. The van der Waals surface area contributed by atoms with Gasteiger partial charge in [0.05, 0.1) is 5.92 Å². The molecule has 0 bridgehead atoms. The number of benzene rings is 1. The number of fused-ring (bicyclic) bond motifs is 1. The quantitative estimate of drug-likeness (QED) is 0.337. The Balaban J connectivity index is 0.000000397. The Hall–Kier alpha value is -3.40. The van der Waals surface area contributed by atoms with Crippen LogP contribution < -0.4 is 15.1 Å². The van der Waals surface area contributed by atoms with E-state index in [0.717, 1.165) is 21.4 Å². The maximum absolute atomic E-state index is 15.1. The molecule has 1 aromatic carbocycles. The number of ketones is 1. The minimum absolute atomic E-state index is 0.0113. The van der Waals surface area contributed by atoms with Gasteiger partial charge in [-0.25, -0.2) is 18.7 Å². The largest absolute Gasteiger partial charge is 0.355 e. The maximum Gasteiger partial charge on any atom is 0.227 e. The van der Waals surface area contributed by atoms with Crippen LogP contribution in [0.1, 0.15) is 77.3 Å². The number of Topliss-reactive ketones (excluding diaryl/α,β-unsaturated/α-hetero) is 1. The van der Waals surface area contributed by atoms with Gasteiger partial charge in [0.2, 0.25) is 5.91 Å². The summed E-state index contributed by atoms with van der Waals surface area (Å²) in [5.74, 6) is -0.919. The van der Waals surface area contributed by atoms with Gasteiger partial charge < -0.3 is 15.1 Å². The minimum Gasteiger partial charge on any atom is -0.355 e. The van der Waals surface area contributed by atoms with Gasteiger partial charge in [-0.3, -0.25) is 9.59 Å². The van der Waals surface area contributed by atoms with Crippen molar-refractivity contribution in [3.05, 3.63) is 76.1 Å². The Labute approximate surface area is 262 Å². The lowest BCUT2D eigenvalue weighted by atomic mass is 9.87. The van der Waals surface area contributed by atoms with Gasteiger partial charge in [0.25, 0.3) is 0 Å². The molecule has 1 aromatic heterocycles. The van der Waals surface area contributed by atoms with E-state index >= 15 is 8.78 Å². The molecule has 2 aromatic rings. The second-order valence-corrected chi connectivity index (χ2v) is 11.5. The van der Waals surface area contributed by atoms with Gasteiger partial charge in [-0.15, -0.1) is 0 Å². The first-order valence-electron chi connectivity index (χ1n) is 14.9. The predicted molar refractivity (Wildman–Crippen MR) is 173 cm³/mol. The third-order valence-corrected chi connectivity index (χ3v) is 8.46. The molecule has 0 spiro atoms. The normalized spacial score (nSPS) is 20.1. The third-order valence-electron chi connectivity index (χ3n) is 7.52. The highest BCUT2D eigenvalue weighted by Crippen LogP contribution is 2.40. The summed E-state index contributed by atoms with van der Waals surface area (Å²) in [6, 6.07) is 2.59. The standard InChI is InChI=1S/C23H25F2N5O2.C8H11Br.C2H6/c1-13-2-3-16(23(32)28-13)20-18(24)10-14(11-19(20)25)30-9-6-17-21(26-12-27-22(17)30)29-7-4-15(31)5-8-29;1-4-5-6-8(9)7(2)3;1-2/h10-13,16H,2-9H2,1H3,(H,28,32);4-6H,2H2,1,3H3;1-2H3/b;5-4-,8-6+;. The SMILES string of the molecule is C=C(C)/C(Br)=C\C=C/C.CC.CC1CCC(c2c(F)cc(N3CCc4c(N5CCC(=O)CC5)ncnc43)cc2F)C(=O)N1. The molecule has 0 radical (unpaired) electrons. The molecule has 2 atom stereocenters. The zero-order chi connectivity index (χ0) is 31.7. The van der Waals surface area contributed by atoms with E-state index in [1.807, 2.05) is 52.8 Å². The molecule has 2 saturated heterocycles. The number of rotatable bonds is 5. The van der Waals surface area contributed by atoms with E-state index in [2.05, 4.69) is 42.7 Å². The van der Waals surface area contributed by atoms with Crippen LogP contribution in [0.4, 0.5) is 26.1 Å². The van der Waals surface area contributed by atoms with Crippen LogP contribution in [-0.4, -0.2) is 47.3 Å². The highest BCUT2D eigenvalue weighted by atomic mass is 79.9. The lowest BCUT2D eigenvalue weighted by molar-refractivity contribution is -0.125. The number of anilines is 3. The van der Waals surface area contributed by atoms with Gasteiger partial charge in [0, 0.05) is 59.8 Å². The van der Waals surface area contributed by atoms with E-state index in [0.29, 0.717) is 63.2 Å². The number of hydrogen-bond donors (Lipinski definition) is 1. The average molecular weight is 659 g/mol. The molecule has 5 rings (SSSR count). The molecular weight excluding hydrogens is 616 g/mol. The van der Waals surface area contributed by atoms with Crippen LogP contribution in [0.25, 0.3) is 0 Å². The van der Waals surface area contributed by atoms with Crippen LogP contribution in [0.3, 0.4) is 0 Å². The Morgan fingerprint density at radius 3 is 2.26 bits per heavy atom. The fourth-order valence-electron chi connectivity index (χ4n) is 5.29.